The van der Waals surface area contributed by atoms with Crippen LogP contribution in [0.3, 0.4) is 0 Å². The number of nitrogens with zero attached hydrogens (tertiary/aromatic N) is 2. The summed E-state index contributed by atoms with van der Waals surface area (Å²) in [5.41, 5.74) is -0.150. The molecule has 0 saturated carbocycles. The molecule has 0 aromatic carbocycles. The highest BCUT2D eigenvalue weighted by atomic mass is 16.3. The quantitative estimate of drug-likeness (QED) is 0.707. The standard InChI is InChI=1S/C16H35N3O/c1-14(2)12-19-10-8-18(9-11-19)7-6-16(5,13-20)17-15(3)4/h14-15,17,20H,6-13H2,1-5H3. The molecule has 1 unspecified atom stereocenters. The first kappa shape index (κ1) is 17.9. The van der Waals surface area contributed by atoms with Crippen molar-refractivity contribution in [2.45, 2.75) is 52.6 Å². The van der Waals surface area contributed by atoms with Crippen LogP contribution >= 0.6 is 0 Å². The SMILES string of the molecule is CC(C)CN1CCN(CCC(C)(CO)NC(C)C)CC1. The fraction of sp³-hybridized carbons (Fsp3) is 1.00. The van der Waals surface area contributed by atoms with Gasteiger partial charge in [-0.2, -0.15) is 0 Å². The first-order valence-corrected chi connectivity index (χ1v) is 8.18. The molecule has 0 aliphatic carbocycles. The largest absolute Gasteiger partial charge is 0.394 e. The van der Waals surface area contributed by atoms with E-state index in [4.69, 9.17) is 0 Å². The smallest absolute Gasteiger partial charge is 0.0611 e. The Kier molecular flexibility index (Phi) is 7.45. The maximum Gasteiger partial charge on any atom is 0.0611 e. The van der Waals surface area contributed by atoms with Crippen molar-refractivity contribution in [3.05, 3.63) is 0 Å². The van der Waals surface area contributed by atoms with Crippen molar-refractivity contribution in [1.82, 2.24) is 15.1 Å². The van der Waals surface area contributed by atoms with Gasteiger partial charge in [-0.1, -0.05) is 27.7 Å². The molecule has 1 heterocycles. The Hall–Kier alpha value is -0.160. The molecule has 1 saturated heterocycles. The molecular weight excluding hydrogens is 250 g/mol. The second-order valence-electron chi connectivity index (χ2n) is 7.30. The molecule has 0 amide bonds. The van der Waals surface area contributed by atoms with Gasteiger partial charge in [-0.05, 0) is 19.3 Å². The first-order valence-electron chi connectivity index (χ1n) is 8.18. The van der Waals surface area contributed by atoms with Crippen molar-refractivity contribution in [2.75, 3.05) is 45.9 Å². The third-order valence-corrected chi connectivity index (χ3v) is 4.05. The Morgan fingerprint density at radius 2 is 1.60 bits per heavy atom. The van der Waals surface area contributed by atoms with Crippen LogP contribution in [0.5, 0.6) is 0 Å². The zero-order valence-corrected chi connectivity index (χ0v) is 14.2. The monoisotopic (exact) mass is 285 g/mol. The average molecular weight is 285 g/mol. The molecule has 4 nitrogen and oxygen atoms in total. The van der Waals surface area contributed by atoms with Crippen LogP contribution in [0.4, 0.5) is 0 Å². The zero-order chi connectivity index (χ0) is 15.2. The summed E-state index contributed by atoms with van der Waals surface area (Å²) in [5.74, 6) is 0.759. The topological polar surface area (TPSA) is 38.7 Å². The lowest BCUT2D eigenvalue weighted by molar-refractivity contribution is 0.0977. The number of piperazine rings is 1. The van der Waals surface area contributed by atoms with Crippen LogP contribution in [-0.2, 0) is 0 Å². The van der Waals surface area contributed by atoms with Crippen LogP contribution in [0.2, 0.25) is 0 Å². The highest BCUT2D eigenvalue weighted by Gasteiger charge is 2.25. The van der Waals surface area contributed by atoms with Gasteiger partial charge in [0, 0.05) is 50.8 Å². The van der Waals surface area contributed by atoms with Crippen molar-refractivity contribution in [1.29, 1.82) is 0 Å². The van der Waals surface area contributed by atoms with Gasteiger partial charge in [-0.3, -0.25) is 0 Å². The van der Waals surface area contributed by atoms with Gasteiger partial charge in [-0.25, -0.2) is 0 Å². The van der Waals surface area contributed by atoms with E-state index >= 15 is 0 Å². The van der Waals surface area contributed by atoms with E-state index in [-0.39, 0.29) is 12.1 Å². The number of aliphatic hydroxyl groups excluding tert-OH is 1. The van der Waals surface area contributed by atoms with Crippen LogP contribution < -0.4 is 5.32 Å². The van der Waals surface area contributed by atoms with Gasteiger partial charge in [0.2, 0.25) is 0 Å². The maximum atomic E-state index is 9.62. The van der Waals surface area contributed by atoms with E-state index in [2.05, 4.69) is 49.7 Å². The molecular formula is C16H35N3O. The molecule has 2 N–H and O–H groups in total. The highest BCUT2D eigenvalue weighted by Crippen LogP contribution is 2.13. The van der Waals surface area contributed by atoms with Crippen LogP contribution in [-0.4, -0.2) is 72.4 Å². The Balaban J connectivity index is 2.29. The van der Waals surface area contributed by atoms with Gasteiger partial charge in [0.25, 0.3) is 0 Å². The summed E-state index contributed by atoms with van der Waals surface area (Å²) in [6.45, 7) is 18.2. The van der Waals surface area contributed by atoms with Gasteiger partial charge >= 0.3 is 0 Å². The summed E-state index contributed by atoms with van der Waals surface area (Å²) in [7, 11) is 0. The second kappa shape index (κ2) is 8.32. The lowest BCUT2D eigenvalue weighted by Crippen LogP contribution is -2.53. The van der Waals surface area contributed by atoms with E-state index in [9.17, 15) is 5.11 Å². The van der Waals surface area contributed by atoms with Gasteiger partial charge in [0.1, 0.15) is 0 Å². The normalized spacial score (nSPS) is 21.6. The Bertz CT molecular complexity index is 262. The second-order valence-corrected chi connectivity index (χ2v) is 7.30. The molecule has 1 rings (SSSR count). The molecule has 120 valence electrons. The fourth-order valence-electron chi connectivity index (χ4n) is 3.01. The van der Waals surface area contributed by atoms with Crippen molar-refractivity contribution in [3.8, 4) is 0 Å². The van der Waals surface area contributed by atoms with Crippen LogP contribution in [0, 0.1) is 5.92 Å². The molecule has 0 spiro atoms. The fourth-order valence-corrected chi connectivity index (χ4v) is 3.01. The summed E-state index contributed by atoms with van der Waals surface area (Å²) in [4.78, 5) is 5.10. The molecule has 1 fully saturated rings. The average Bonchev–Trinajstić information content (AvgIpc) is 2.36. The number of rotatable bonds is 8. The summed E-state index contributed by atoms with van der Waals surface area (Å²) >= 11 is 0. The minimum atomic E-state index is -0.150. The molecule has 0 radical (unpaired) electrons. The Morgan fingerprint density at radius 1 is 1.05 bits per heavy atom. The minimum absolute atomic E-state index is 0.150. The molecule has 1 aliphatic rings. The van der Waals surface area contributed by atoms with Crippen LogP contribution in [0.25, 0.3) is 0 Å². The third kappa shape index (κ3) is 6.53. The van der Waals surface area contributed by atoms with E-state index in [0.29, 0.717) is 6.04 Å². The molecule has 0 aromatic heterocycles. The van der Waals surface area contributed by atoms with E-state index < -0.39 is 0 Å². The molecule has 20 heavy (non-hydrogen) atoms. The van der Waals surface area contributed by atoms with Crippen molar-refractivity contribution in [2.24, 2.45) is 5.92 Å². The molecule has 0 aromatic rings. The molecule has 4 heteroatoms. The Labute approximate surface area is 125 Å². The number of nitrogens with one attached hydrogen (secondary N) is 1. The summed E-state index contributed by atoms with van der Waals surface area (Å²) in [5, 5.41) is 13.1. The lowest BCUT2D eigenvalue weighted by Gasteiger charge is -2.38. The number of hydrogen-bond acceptors (Lipinski definition) is 4. The lowest BCUT2D eigenvalue weighted by atomic mass is 9.97. The van der Waals surface area contributed by atoms with Crippen LogP contribution in [0.15, 0.2) is 0 Å². The molecule has 0 bridgehead atoms. The number of aliphatic hydroxyl groups is 1. The predicted molar refractivity (Wildman–Crippen MR) is 86.1 cm³/mol. The number of hydrogen-bond donors (Lipinski definition) is 2. The van der Waals surface area contributed by atoms with Gasteiger partial charge in [-0.15, -0.1) is 0 Å². The molecule has 1 atom stereocenters. The molecule has 1 aliphatic heterocycles. The Morgan fingerprint density at radius 3 is 2.05 bits per heavy atom. The van der Waals surface area contributed by atoms with Crippen molar-refractivity contribution < 1.29 is 5.11 Å². The van der Waals surface area contributed by atoms with Gasteiger partial charge in [0.15, 0.2) is 0 Å². The van der Waals surface area contributed by atoms with E-state index in [0.717, 1.165) is 32.0 Å². The van der Waals surface area contributed by atoms with E-state index in [1.54, 1.807) is 0 Å². The van der Waals surface area contributed by atoms with Crippen LogP contribution in [0.1, 0.15) is 41.0 Å². The van der Waals surface area contributed by atoms with E-state index in [1.165, 1.54) is 19.6 Å². The van der Waals surface area contributed by atoms with Crippen molar-refractivity contribution in [3.63, 3.8) is 0 Å². The van der Waals surface area contributed by atoms with Gasteiger partial charge in [0.05, 0.1) is 6.61 Å². The minimum Gasteiger partial charge on any atom is -0.394 e. The predicted octanol–water partition coefficient (Wildman–Crippen LogP) is 1.40. The van der Waals surface area contributed by atoms with Gasteiger partial charge < -0.3 is 20.2 Å². The zero-order valence-electron chi connectivity index (χ0n) is 14.2. The van der Waals surface area contributed by atoms with E-state index in [1.807, 2.05) is 0 Å². The third-order valence-electron chi connectivity index (χ3n) is 4.05. The summed E-state index contributed by atoms with van der Waals surface area (Å²) in [6.07, 6.45) is 1.01. The van der Waals surface area contributed by atoms with Crippen molar-refractivity contribution >= 4 is 0 Å². The maximum absolute atomic E-state index is 9.62. The highest BCUT2D eigenvalue weighted by molar-refractivity contribution is 4.86. The first-order chi connectivity index (χ1) is 9.34. The summed E-state index contributed by atoms with van der Waals surface area (Å²) in [6, 6.07) is 0.412. The summed E-state index contributed by atoms with van der Waals surface area (Å²) < 4.78 is 0.